The van der Waals surface area contributed by atoms with Crippen LogP contribution < -0.4 is 0 Å². The Morgan fingerprint density at radius 2 is 0.316 bits per heavy atom. The maximum atomic E-state index is 5.00. The summed E-state index contributed by atoms with van der Waals surface area (Å²) >= 11 is -9.00. The third-order valence-electron chi connectivity index (χ3n) is 0. The van der Waals surface area contributed by atoms with Crippen LogP contribution in [0.4, 0.5) is 0 Å². The molecule has 3 nitrogen and oxygen atoms in total. The molecule has 152 valence electrons. The topological polar surface area (TPSA) is 94.5 Å². The van der Waals surface area contributed by atoms with Gasteiger partial charge in [0.05, 0.1) is 0 Å². The molecule has 0 aliphatic heterocycles. The number of halogens is 12. The third kappa shape index (κ3) is 303. The molecule has 0 aromatic rings. The predicted molar refractivity (Wildman–Crippen MR) is 81.1 cm³/mol. The second kappa shape index (κ2) is 22.4. The van der Waals surface area contributed by atoms with Crippen LogP contribution >= 0.6 is 110 Å². The summed E-state index contributed by atoms with van der Waals surface area (Å²) in [5.41, 5.74) is 0. The van der Waals surface area contributed by atoms with Crippen LogP contribution in [-0.2, 0) is 60.8 Å². The van der Waals surface area contributed by atoms with Crippen LogP contribution in [0.25, 0.3) is 0 Å². The van der Waals surface area contributed by atoms with Gasteiger partial charge in [-0.1, -0.05) is 0 Å². The summed E-state index contributed by atoms with van der Waals surface area (Å²) < 4.78 is 0. The van der Waals surface area contributed by atoms with E-state index in [9.17, 15) is 0 Å². The SMILES string of the molecule is O.O.O.[Au+3].[Cl][Au-]([Cl])([Cl])[Cl].[Cl][Au-]([Cl])([Cl])[Cl].[Cl][Au-]([Cl])([Cl])[Cl]. The normalized spacial score (nSPS) is 12.0. The van der Waals surface area contributed by atoms with Crippen molar-refractivity contribution >= 4 is 110 Å². The van der Waals surface area contributed by atoms with E-state index in [-0.39, 0.29) is 38.8 Å². The van der Waals surface area contributed by atoms with E-state index in [4.69, 9.17) is 110 Å². The van der Waals surface area contributed by atoms with Gasteiger partial charge in [0.1, 0.15) is 0 Å². The monoisotopic (exact) mass is 1260 g/mol. The summed E-state index contributed by atoms with van der Waals surface area (Å²) in [5, 5.41) is 0. The van der Waals surface area contributed by atoms with E-state index in [1.54, 1.807) is 0 Å². The van der Waals surface area contributed by atoms with E-state index >= 15 is 0 Å². The second-order valence-corrected chi connectivity index (χ2v) is 57.1. The van der Waals surface area contributed by atoms with E-state index in [2.05, 4.69) is 0 Å². The van der Waals surface area contributed by atoms with Gasteiger partial charge in [-0.3, -0.25) is 0 Å². The van der Waals surface area contributed by atoms with Gasteiger partial charge in [-0.15, -0.1) is 0 Å². The molecule has 6 N–H and O–H groups in total. The maximum absolute atomic E-state index is 5.00. The number of hydrogen-bond donors (Lipinski definition) is 0. The Balaban J connectivity index is -0.0000000206. The molecule has 19 heteroatoms. The van der Waals surface area contributed by atoms with Crippen molar-refractivity contribution < 1.29 is 77.2 Å². The van der Waals surface area contributed by atoms with E-state index in [0.29, 0.717) is 0 Å². The molecule has 0 rings (SSSR count). The van der Waals surface area contributed by atoms with Crippen LogP contribution in [0.15, 0.2) is 0 Å². The molecule has 0 fully saturated rings. The first-order chi connectivity index (χ1) is 6.00. The summed E-state index contributed by atoms with van der Waals surface area (Å²) in [4.78, 5) is 0. The molecule has 0 radical (unpaired) electrons. The third-order valence-corrected chi connectivity index (χ3v) is 0. The van der Waals surface area contributed by atoms with E-state index in [1.165, 1.54) is 0 Å². The summed E-state index contributed by atoms with van der Waals surface area (Å²) in [6.45, 7) is 0. The fourth-order valence-electron chi connectivity index (χ4n) is 0. The molecule has 0 saturated heterocycles. The van der Waals surface area contributed by atoms with Crippen LogP contribution in [-0.4, -0.2) is 16.4 Å². The minimum atomic E-state index is -3.00. The zero-order valence-corrected chi connectivity index (χ0v) is 25.0. The molecular formula is H6Au4Cl12O3. The standard InChI is InChI=1S/4Au.12ClH.3H2O/h;;;;12*1H;3*1H2/q4*+3;;;;;;;;;;;;;;;/p-12. The summed E-state index contributed by atoms with van der Waals surface area (Å²) in [7, 11) is 60.0. The molecule has 0 amide bonds. The van der Waals surface area contributed by atoms with E-state index in [0.717, 1.165) is 0 Å². The van der Waals surface area contributed by atoms with Crippen molar-refractivity contribution in [3.05, 3.63) is 0 Å². The van der Waals surface area contributed by atoms with Gasteiger partial charge >= 0.3 is 171 Å². The van der Waals surface area contributed by atoms with Crippen molar-refractivity contribution in [3.8, 4) is 0 Å². The van der Waals surface area contributed by atoms with Crippen molar-refractivity contribution in [2.75, 3.05) is 0 Å². The van der Waals surface area contributed by atoms with Gasteiger partial charge in [0.25, 0.3) is 0 Å². The minimum absolute atomic E-state index is 0. The molecule has 0 saturated carbocycles. The molecule has 0 atom stereocenters. The Labute approximate surface area is 183 Å². The van der Waals surface area contributed by atoms with Crippen LogP contribution in [0.5, 0.6) is 0 Å². The second-order valence-electron chi connectivity index (χ2n) is 0.775. The van der Waals surface area contributed by atoms with Crippen LogP contribution in [0.2, 0.25) is 0 Å². The first-order valence-electron chi connectivity index (χ1n) is 1.37. The van der Waals surface area contributed by atoms with Crippen LogP contribution in [0, 0.1) is 0 Å². The van der Waals surface area contributed by atoms with Crippen molar-refractivity contribution in [1.29, 1.82) is 0 Å². The van der Waals surface area contributed by atoms with Crippen molar-refractivity contribution in [2.24, 2.45) is 0 Å². The van der Waals surface area contributed by atoms with Crippen molar-refractivity contribution in [1.82, 2.24) is 0 Å². The van der Waals surface area contributed by atoms with Gasteiger partial charge in [-0.25, -0.2) is 0 Å². The first-order valence-corrected chi connectivity index (χ1v) is 33.6. The van der Waals surface area contributed by atoms with Gasteiger partial charge in [-0.2, -0.15) is 0 Å². The Morgan fingerprint density at radius 3 is 0.316 bits per heavy atom. The molecule has 0 aliphatic rings. The molecule has 0 bridgehead atoms. The summed E-state index contributed by atoms with van der Waals surface area (Å²) in [6, 6.07) is 0. The van der Waals surface area contributed by atoms with Gasteiger partial charge < -0.3 is 16.4 Å². The van der Waals surface area contributed by atoms with Gasteiger partial charge in [0, 0.05) is 0 Å². The molecule has 0 unspecified atom stereocenters. The van der Waals surface area contributed by atoms with Gasteiger partial charge in [0.15, 0.2) is 0 Å². The quantitative estimate of drug-likeness (QED) is 0.275. The summed E-state index contributed by atoms with van der Waals surface area (Å²) in [5.74, 6) is 0. The zero-order valence-electron chi connectivity index (χ0n) is 7.24. The Bertz CT molecular complexity index is 100.0. The van der Waals surface area contributed by atoms with Crippen molar-refractivity contribution in [2.45, 2.75) is 0 Å². The number of hydrogen-bond acceptors (Lipinski definition) is 0. The molecule has 0 aromatic heterocycles. The number of rotatable bonds is 0. The molecular weight excluding hydrogens is 1260 g/mol. The first kappa shape index (κ1) is 44.6. The van der Waals surface area contributed by atoms with E-state index < -0.39 is 38.4 Å². The molecule has 19 heavy (non-hydrogen) atoms. The average molecular weight is 1270 g/mol. The Kier molecular flexibility index (Phi) is 52.5. The molecule has 0 aliphatic carbocycles. The van der Waals surface area contributed by atoms with E-state index in [1.807, 2.05) is 0 Å². The van der Waals surface area contributed by atoms with Crippen molar-refractivity contribution in [3.63, 3.8) is 0 Å². The zero-order chi connectivity index (χ0) is 13.5. The summed E-state index contributed by atoms with van der Waals surface area (Å²) in [6.07, 6.45) is 0. The fourth-order valence-corrected chi connectivity index (χ4v) is 0. The average Bonchev–Trinajstić information content (AvgIpc) is 1.41. The van der Waals surface area contributed by atoms with Crippen LogP contribution in [0.3, 0.4) is 0 Å². The molecule has 0 spiro atoms. The molecule has 0 aromatic carbocycles. The van der Waals surface area contributed by atoms with Gasteiger partial charge in [0.2, 0.25) is 0 Å². The fraction of sp³-hybridized carbons (Fsp3) is 0. The molecule has 0 heterocycles. The Hall–Kier alpha value is 6.32. The van der Waals surface area contributed by atoms with Crippen LogP contribution in [0.1, 0.15) is 0 Å². The van der Waals surface area contributed by atoms with Gasteiger partial charge in [-0.05, 0) is 0 Å². The Morgan fingerprint density at radius 1 is 0.316 bits per heavy atom. The predicted octanol–water partition coefficient (Wildman–Crippen LogP) is 5.79.